The molecule has 3 nitrogen and oxygen atoms in total. The first-order valence-corrected chi connectivity index (χ1v) is 6.38. The van der Waals surface area contributed by atoms with Crippen LogP contribution in [-0.2, 0) is 0 Å². The van der Waals surface area contributed by atoms with Gasteiger partial charge in [0.2, 0.25) is 0 Å². The van der Waals surface area contributed by atoms with Gasteiger partial charge in [-0.25, -0.2) is 10.5 Å². The van der Waals surface area contributed by atoms with Gasteiger partial charge in [0.15, 0.2) is 0 Å². The Labute approximate surface area is 118 Å². The lowest BCUT2D eigenvalue weighted by molar-refractivity contribution is 0.618. The van der Waals surface area contributed by atoms with Crippen LogP contribution in [0.3, 0.4) is 0 Å². The van der Waals surface area contributed by atoms with Gasteiger partial charge in [-0.15, -0.1) is 4.48 Å². The van der Waals surface area contributed by atoms with Gasteiger partial charge in [-0.05, 0) is 36.2 Å². The minimum atomic E-state index is 0.397. The second-order valence-electron chi connectivity index (χ2n) is 4.94. The number of hydrogen-bond donors (Lipinski definition) is 1. The molecule has 4 heteroatoms. The van der Waals surface area contributed by atoms with Crippen LogP contribution in [0.2, 0.25) is 0 Å². The van der Waals surface area contributed by atoms with Crippen molar-refractivity contribution in [1.82, 2.24) is 4.90 Å². The molecule has 0 amide bonds. The van der Waals surface area contributed by atoms with Crippen LogP contribution in [0.15, 0.2) is 47.5 Å². The average molecular weight is 271 g/mol. The smallest absolute Gasteiger partial charge is 0.0907 e. The molecule has 0 saturated heterocycles. The summed E-state index contributed by atoms with van der Waals surface area (Å²) in [6, 6.07) is 13.5. The molecule has 0 saturated carbocycles. The molecule has 0 bridgehead atoms. The van der Waals surface area contributed by atoms with E-state index >= 15 is 0 Å². The third kappa shape index (κ3) is 3.57. The number of nitrogens with one attached hydrogen (secondary N) is 1. The van der Waals surface area contributed by atoms with E-state index in [1.807, 2.05) is 56.3 Å². The van der Waals surface area contributed by atoms with Gasteiger partial charge >= 0.3 is 0 Å². The van der Waals surface area contributed by atoms with Crippen LogP contribution in [0.1, 0.15) is 5.56 Å². The number of benzene rings is 2. The van der Waals surface area contributed by atoms with Crippen molar-refractivity contribution in [3.63, 3.8) is 0 Å². The SMILES string of the molecule is Cc1ccc(-c2cc(N=CN(C)C)cc(NF)c2)cc1. The predicted octanol–water partition coefficient (Wildman–Crippen LogP) is 4.18. The van der Waals surface area contributed by atoms with E-state index in [0.29, 0.717) is 11.4 Å². The van der Waals surface area contributed by atoms with E-state index in [-0.39, 0.29) is 0 Å². The van der Waals surface area contributed by atoms with Crippen molar-refractivity contribution < 1.29 is 4.48 Å². The van der Waals surface area contributed by atoms with Gasteiger partial charge in [-0.1, -0.05) is 29.8 Å². The van der Waals surface area contributed by atoms with Crippen molar-refractivity contribution in [3.05, 3.63) is 48.0 Å². The number of halogens is 1. The first-order valence-electron chi connectivity index (χ1n) is 6.38. The van der Waals surface area contributed by atoms with Crippen LogP contribution in [0.25, 0.3) is 11.1 Å². The van der Waals surface area contributed by atoms with Crippen LogP contribution in [-0.4, -0.2) is 25.3 Å². The van der Waals surface area contributed by atoms with E-state index in [4.69, 9.17) is 0 Å². The molecule has 0 aromatic heterocycles. The lowest BCUT2D eigenvalue weighted by Crippen LogP contribution is -2.06. The van der Waals surface area contributed by atoms with Crippen molar-refractivity contribution in [2.75, 3.05) is 19.6 Å². The summed E-state index contributed by atoms with van der Waals surface area (Å²) in [6.07, 6.45) is 1.69. The van der Waals surface area contributed by atoms with E-state index < -0.39 is 0 Å². The highest BCUT2D eigenvalue weighted by atomic mass is 19.2. The lowest BCUT2D eigenvalue weighted by Gasteiger charge is -2.08. The molecule has 0 heterocycles. The molecule has 0 aliphatic carbocycles. The van der Waals surface area contributed by atoms with Gasteiger partial charge in [0, 0.05) is 14.1 Å². The second-order valence-corrected chi connectivity index (χ2v) is 4.94. The van der Waals surface area contributed by atoms with Crippen LogP contribution in [0.4, 0.5) is 15.9 Å². The summed E-state index contributed by atoms with van der Waals surface area (Å²) in [5.41, 5.74) is 5.95. The zero-order valence-electron chi connectivity index (χ0n) is 11.9. The Morgan fingerprint density at radius 3 is 2.35 bits per heavy atom. The highest BCUT2D eigenvalue weighted by Gasteiger charge is 2.03. The molecular weight excluding hydrogens is 253 g/mol. The predicted molar refractivity (Wildman–Crippen MR) is 83.2 cm³/mol. The average Bonchev–Trinajstić information content (AvgIpc) is 2.45. The van der Waals surface area contributed by atoms with Gasteiger partial charge < -0.3 is 4.90 Å². The summed E-state index contributed by atoms with van der Waals surface area (Å²) in [5, 5.41) is 0. The second kappa shape index (κ2) is 6.19. The maximum Gasteiger partial charge on any atom is 0.0907 e. The fourth-order valence-electron chi connectivity index (χ4n) is 1.84. The van der Waals surface area contributed by atoms with Crippen molar-refractivity contribution in [2.45, 2.75) is 6.92 Å². The third-order valence-corrected chi connectivity index (χ3v) is 2.85. The normalized spacial score (nSPS) is 10.8. The molecule has 0 aliphatic heterocycles. The number of nitrogens with zero attached hydrogens (tertiary/aromatic N) is 2. The summed E-state index contributed by atoms with van der Waals surface area (Å²) in [5.74, 6) is 0. The molecule has 0 radical (unpaired) electrons. The fraction of sp³-hybridized carbons (Fsp3) is 0.188. The molecule has 104 valence electrons. The van der Waals surface area contributed by atoms with Crippen molar-refractivity contribution >= 4 is 17.7 Å². The van der Waals surface area contributed by atoms with Crippen LogP contribution in [0.5, 0.6) is 0 Å². The Morgan fingerprint density at radius 1 is 1.05 bits per heavy atom. The lowest BCUT2D eigenvalue weighted by atomic mass is 10.0. The molecule has 20 heavy (non-hydrogen) atoms. The summed E-state index contributed by atoms with van der Waals surface area (Å²) >= 11 is 0. The summed E-state index contributed by atoms with van der Waals surface area (Å²) in [6.45, 7) is 2.04. The molecule has 0 spiro atoms. The molecular formula is C16H18FN3. The summed E-state index contributed by atoms with van der Waals surface area (Å²) in [4.78, 5) is 6.15. The van der Waals surface area contributed by atoms with Gasteiger partial charge in [0.25, 0.3) is 0 Å². The molecule has 0 unspecified atom stereocenters. The van der Waals surface area contributed by atoms with Crippen molar-refractivity contribution in [2.24, 2.45) is 4.99 Å². The van der Waals surface area contributed by atoms with E-state index in [0.717, 1.165) is 11.1 Å². The first-order chi connectivity index (χ1) is 9.58. The Kier molecular flexibility index (Phi) is 4.35. The minimum Gasteiger partial charge on any atom is -0.369 e. The molecule has 1 N–H and O–H groups in total. The summed E-state index contributed by atoms with van der Waals surface area (Å²) < 4.78 is 12.8. The monoisotopic (exact) mass is 271 g/mol. The molecule has 0 aliphatic rings. The van der Waals surface area contributed by atoms with Gasteiger partial charge in [-0.2, -0.15) is 0 Å². The number of hydrogen-bond acceptors (Lipinski definition) is 2. The topological polar surface area (TPSA) is 27.6 Å². The van der Waals surface area contributed by atoms with Gasteiger partial charge in [-0.3, -0.25) is 0 Å². The zero-order chi connectivity index (χ0) is 14.5. The highest BCUT2D eigenvalue weighted by molar-refractivity contribution is 5.74. The molecule has 0 atom stereocenters. The zero-order valence-corrected chi connectivity index (χ0v) is 11.9. The number of anilines is 1. The summed E-state index contributed by atoms with van der Waals surface area (Å²) in [7, 11) is 3.78. The van der Waals surface area contributed by atoms with E-state index in [9.17, 15) is 4.48 Å². The Bertz CT molecular complexity index is 604. The Hall–Kier alpha value is -2.36. The first kappa shape index (κ1) is 14.1. The van der Waals surface area contributed by atoms with Crippen LogP contribution in [0, 0.1) is 6.92 Å². The number of aliphatic imine (C=N–C) groups is 1. The third-order valence-electron chi connectivity index (χ3n) is 2.85. The Morgan fingerprint density at radius 2 is 1.75 bits per heavy atom. The van der Waals surface area contributed by atoms with Gasteiger partial charge in [0.1, 0.15) is 0 Å². The minimum absolute atomic E-state index is 0.397. The largest absolute Gasteiger partial charge is 0.369 e. The number of rotatable bonds is 4. The van der Waals surface area contributed by atoms with Crippen molar-refractivity contribution in [3.8, 4) is 11.1 Å². The molecule has 2 aromatic rings. The number of aryl methyl sites for hydroxylation is 1. The molecule has 2 rings (SSSR count). The molecule has 2 aromatic carbocycles. The van der Waals surface area contributed by atoms with E-state index in [2.05, 4.69) is 4.99 Å². The molecule has 0 fully saturated rings. The fourth-order valence-corrected chi connectivity index (χ4v) is 1.84. The standard InChI is InChI=1S/C16H18FN3/c1-12-4-6-13(7-5-12)14-8-15(18-11-20(2)3)10-16(9-14)19-17/h4-11,19H,1-3H3. The van der Waals surface area contributed by atoms with Crippen LogP contribution < -0.4 is 5.54 Å². The van der Waals surface area contributed by atoms with Crippen LogP contribution >= 0.6 is 0 Å². The van der Waals surface area contributed by atoms with E-state index in [1.165, 1.54) is 5.56 Å². The van der Waals surface area contributed by atoms with Crippen molar-refractivity contribution in [1.29, 1.82) is 0 Å². The maximum atomic E-state index is 12.8. The Balaban J connectivity index is 2.42. The maximum absolute atomic E-state index is 12.8. The quantitative estimate of drug-likeness (QED) is 0.513. The van der Waals surface area contributed by atoms with Gasteiger partial charge in [0.05, 0.1) is 17.7 Å². The van der Waals surface area contributed by atoms with E-state index in [1.54, 1.807) is 24.0 Å². The highest BCUT2D eigenvalue weighted by Crippen LogP contribution is 2.29.